The van der Waals surface area contributed by atoms with Gasteiger partial charge in [0.15, 0.2) is 0 Å². The van der Waals surface area contributed by atoms with Crippen LogP contribution in [0.25, 0.3) is 6.08 Å². The van der Waals surface area contributed by atoms with Crippen LogP contribution in [0.4, 0.5) is 0 Å². The van der Waals surface area contributed by atoms with Crippen LogP contribution < -0.4 is 0 Å². The Balaban J connectivity index is 1.89. The monoisotopic (exact) mass is 227 g/mol. The van der Waals surface area contributed by atoms with E-state index in [-0.39, 0.29) is 5.92 Å². The van der Waals surface area contributed by atoms with Crippen molar-refractivity contribution in [3.63, 3.8) is 0 Å². The molecule has 0 aromatic heterocycles. The molecule has 88 valence electrons. The van der Waals surface area contributed by atoms with E-state index in [9.17, 15) is 4.79 Å². The largest absolute Gasteiger partial charge is 0.343 e. The van der Waals surface area contributed by atoms with Crippen LogP contribution in [0.3, 0.4) is 0 Å². The summed E-state index contributed by atoms with van der Waals surface area (Å²) in [6.45, 7) is 3.82. The predicted octanol–water partition coefficient (Wildman–Crippen LogP) is 2.67. The summed E-state index contributed by atoms with van der Waals surface area (Å²) in [5.41, 5.74) is 2.60. The third kappa shape index (κ3) is 1.59. The number of hydrogen-bond acceptors (Lipinski definition) is 1. The topological polar surface area (TPSA) is 20.3 Å². The summed E-state index contributed by atoms with van der Waals surface area (Å²) >= 11 is 0. The molecule has 0 N–H and O–H groups in total. The van der Waals surface area contributed by atoms with Crippen molar-refractivity contribution in [1.82, 2.24) is 4.90 Å². The van der Waals surface area contributed by atoms with E-state index in [0.29, 0.717) is 11.8 Å². The molecule has 1 heterocycles. The number of rotatable bonds is 2. The molecule has 2 heteroatoms. The fourth-order valence-corrected chi connectivity index (χ4v) is 3.04. The normalized spacial score (nSPS) is 26.6. The summed E-state index contributed by atoms with van der Waals surface area (Å²) < 4.78 is 0. The van der Waals surface area contributed by atoms with Gasteiger partial charge >= 0.3 is 0 Å². The Bertz CT molecular complexity index is 478. The molecule has 2 aliphatic rings. The smallest absolute Gasteiger partial charge is 0.226 e. The molecule has 2 atom stereocenters. The van der Waals surface area contributed by atoms with Crippen LogP contribution in [-0.2, 0) is 4.79 Å². The van der Waals surface area contributed by atoms with Crippen LogP contribution in [0, 0.1) is 5.92 Å². The molecular formula is C15H17NO. The Morgan fingerprint density at radius 3 is 2.94 bits per heavy atom. The summed E-state index contributed by atoms with van der Waals surface area (Å²) in [7, 11) is 0. The summed E-state index contributed by atoms with van der Waals surface area (Å²) in [5.74, 6) is 0.795. The summed E-state index contributed by atoms with van der Waals surface area (Å²) in [5, 5.41) is 0. The standard InChI is InChI=1S/C15H17NO/c1-2-16-10-9-14(15(16)17)13-8-7-11-5-3-4-6-12(11)13/h3-8,13-14H,2,9-10H2,1H3. The van der Waals surface area contributed by atoms with Crippen molar-refractivity contribution >= 4 is 12.0 Å². The zero-order chi connectivity index (χ0) is 11.8. The van der Waals surface area contributed by atoms with Crippen LogP contribution in [-0.4, -0.2) is 23.9 Å². The van der Waals surface area contributed by atoms with Crippen LogP contribution in [0.5, 0.6) is 0 Å². The van der Waals surface area contributed by atoms with E-state index in [2.05, 4.69) is 43.3 Å². The number of amides is 1. The lowest BCUT2D eigenvalue weighted by Gasteiger charge is -2.18. The Hall–Kier alpha value is -1.57. The average molecular weight is 227 g/mol. The van der Waals surface area contributed by atoms with Gasteiger partial charge in [-0.1, -0.05) is 36.4 Å². The quantitative estimate of drug-likeness (QED) is 0.760. The lowest BCUT2D eigenvalue weighted by Crippen LogP contribution is -2.28. The van der Waals surface area contributed by atoms with Crippen molar-refractivity contribution in [2.45, 2.75) is 19.3 Å². The molecule has 0 saturated carbocycles. The molecule has 3 rings (SSSR count). The number of carbonyl (C=O) groups excluding carboxylic acids is 1. The molecule has 1 saturated heterocycles. The van der Waals surface area contributed by atoms with Crippen molar-refractivity contribution in [3.05, 3.63) is 41.5 Å². The van der Waals surface area contributed by atoms with Gasteiger partial charge in [0.25, 0.3) is 0 Å². The SMILES string of the molecule is CCN1CCC(C2C=Cc3ccccc32)C1=O. The first kappa shape index (κ1) is 10.6. The van der Waals surface area contributed by atoms with Crippen molar-refractivity contribution < 1.29 is 4.79 Å². The van der Waals surface area contributed by atoms with Crippen molar-refractivity contribution in [2.75, 3.05) is 13.1 Å². The van der Waals surface area contributed by atoms with Gasteiger partial charge in [-0.25, -0.2) is 0 Å². The van der Waals surface area contributed by atoms with Crippen LogP contribution in [0.2, 0.25) is 0 Å². The van der Waals surface area contributed by atoms with E-state index in [0.717, 1.165) is 19.5 Å². The molecule has 1 aromatic rings. The van der Waals surface area contributed by atoms with Gasteiger partial charge < -0.3 is 4.90 Å². The second kappa shape index (κ2) is 4.02. The van der Waals surface area contributed by atoms with E-state index >= 15 is 0 Å². The number of allylic oxidation sites excluding steroid dienone is 1. The molecule has 1 aliphatic carbocycles. The molecule has 0 bridgehead atoms. The lowest BCUT2D eigenvalue weighted by molar-refractivity contribution is -0.131. The number of likely N-dealkylation sites (tertiary alicyclic amines) is 1. The summed E-state index contributed by atoms with van der Waals surface area (Å²) in [6.07, 6.45) is 5.35. The second-order valence-electron chi connectivity index (χ2n) is 4.83. The van der Waals surface area contributed by atoms with Gasteiger partial charge in [0.05, 0.1) is 5.92 Å². The molecule has 17 heavy (non-hydrogen) atoms. The fraction of sp³-hybridized carbons (Fsp3) is 0.400. The van der Waals surface area contributed by atoms with E-state index in [1.807, 2.05) is 4.90 Å². The minimum atomic E-state index is 0.162. The Morgan fingerprint density at radius 2 is 2.18 bits per heavy atom. The van der Waals surface area contributed by atoms with E-state index < -0.39 is 0 Å². The van der Waals surface area contributed by atoms with E-state index in [1.165, 1.54) is 11.1 Å². The highest BCUT2D eigenvalue weighted by Gasteiger charge is 2.37. The van der Waals surface area contributed by atoms with Crippen molar-refractivity contribution in [2.24, 2.45) is 5.92 Å². The molecular weight excluding hydrogens is 210 g/mol. The minimum absolute atomic E-state index is 0.162. The van der Waals surface area contributed by atoms with Crippen molar-refractivity contribution in [3.8, 4) is 0 Å². The maximum Gasteiger partial charge on any atom is 0.226 e. The maximum atomic E-state index is 12.2. The molecule has 0 spiro atoms. The molecule has 0 radical (unpaired) electrons. The van der Waals surface area contributed by atoms with Gasteiger partial charge in [-0.05, 0) is 24.5 Å². The fourth-order valence-electron chi connectivity index (χ4n) is 3.04. The van der Waals surface area contributed by atoms with Gasteiger partial charge in [0.1, 0.15) is 0 Å². The zero-order valence-electron chi connectivity index (χ0n) is 10.1. The van der Waals surface area contributed by atoms with Crippen LogP contribution in [0.1, 0.15) is 30.4 Å². The zero-order valence-corrected chi connectivity index (χ0v) is 10.1. The average Bonchev–Trinajstić information content (AvgIpc) is 2.92. The maximum absolute atomic E-state index is 12.2. The number of benzene rings is 1. The highest BCUT2D eigenvalue weighted by Crippen LogP contribution is 2.39. The Labute approximate surface area is 102 Å². The molecule has 1 aromatic carbocycles. The van der Waals surface area contributed by atoms with Gasteiger partial charge in [-0.15, -0.1) is 0 Å². The van der Waals surface area contributed by atoms with Crippen molar-refractivity contribution in [1.29, 1.82) is 0 Å². The molecule has 2 unspecified atom stereocenters. The number of carbonyl (C=O) groups is 1. The predicted molar refractivity (Wildman–Crippen MR) is 68.6 cm³/mol. The van der Waals surface area contributed by atoms with E-state index in [1.54, 1.807) is 0 Å². The van der Waals surface area contributed by atoms with Gasteiger partial charge in [0.2, 0.25) is 5.91 Å². The second-order valence-corrected chi connectivity index (χ2v) is 4.83. The van der Waals surface area contributed by atoms with Gasteiger partial charge in [-0.2, -0.15) is 0 Å². The first-order chi connectivity index (χ1) is 8.31. The summed E-state index contributed by atoms with van der Waals surface area (Å²) in [6, 6.07) is 8.40. The Kier molecular flexibility index (Phi) is 2.50. The van der Waals surface area contributed by atoms with Gasteiger partial charge in [-0.3, -0.25) is 4.79 Å². The van der Waals surface area contributed by atoms with E-state index in [4.69, 9.17) is 0 Å². The van der Waals surface area contributed by atoms with Crippen LogP contribution >= 0.6 is 0 Å². The lowest BCUT2D eigenvalue weighted by atomic mass is 9.86. The molecule has 1 amide bonds. The third-order valence-electron chi connectivity index (χ3n) is 3.99. The number of hydrogen-bond donors (Lipinski definition) is 0. The molecule has 1 aliphatic heterocycles. The minimum Gasteiger partial charge on any atom is -0.343 e. The third-order valence-corrected chi connectivity index (χ3v) is 3.99. The van der Waals surface area contributed by atoms with Crippen LogP contribution in [0.15, 0.2) is 30.3 Å². The highest BCUT2D eigenvalue weighted by atomic mass is 16.2. The van der Waals surface area contributed by atoms with Gasteiger partial charge in [0, 0.05) is 19.0 Å². The molecule has 1 fully saturated rings. The first-order valence-electron chi connectivity index (χ1n) is 6.37. The molecule has 2 nitrogen and oxygen atoms in total. The highest BCUT2D eigenvalue weighted by molar-refractivity contribution is 5.83. The number of fused-ring (bicyclic) bond motifs is 1. The first-order valence-corrected chi connectivity index (χ1v) is 6.37. The Morgan fingerprint density at radius 1 is 1.35 bits per heavy atom. The summed E-state index contributed by atoms with van der Waals surface area (Å²) in [4.78, 5) is 14.2. The number of nitrogens with zero attached hydrogens (tertiary/aromatic N) is 1.